The number of amides is 1. The lowest BCUT2D eigenvalue weighted by Crippen LogP contribution is -2.38. The lowest BCUT2D eigenvalue weighted by molar-refractivity contribution is 0.102. The lowest BCUT2D eigenvalue weighted by atomic mass is 9.93. The molecule has 1 spiro atoms. The minimum absolute atomic E-state index is 0.254. The molecule has 4 fully saturated rings. The number of nitrogens with one attached hydrogen (secondary N) is 1. The van der Waals surface area contributed by atoms with Crippen molar-refractivity contribution in [1.29, 1.82) is 0 Å². The van der Waals surface area contributed by atoms with E-state index in [4.69, 9.17) is 0 Å². The van der Waals surface area contributed by atoms with Crippen LogP contribution in [0.4, 0.5) is 23.0 Å². The average molecular weight is 540 g/mol. The fourth-order valence-corrected chi connectivity index (χ4v) is 6.84. The first kappa shape index (κ1) is 25.6. The molecule has 1 amide bonds. The van der Waals surface area contributed by atoms with Gasteiger partial charge in [0.15, 0.2) is 0 Å². The minimum Gasteiger partial charge on any atom is -0.391 e. The van der Waals surface area contributed by atoms with Crippen LogP contribution in [-0.4, -0.2) is 62.6 Å². The third-order valence-corrected chi connectivity index (χ3v) is 9.86. The van der Waals surface area contributed by atoms with Crippen molar-refractivity contribution in [2.45, 2.75) is 69.9 Å². The molecule has 204 valence electrons. The van der Waals surface area contributed by atoms with Gasteiger partial charge in [0.1, 0.15) is 11.6 Å². The molecule has 6 rings (SSSR count). The predicted molar refractivity (Wildman–Crippen MR) is 150 cm³/mol. The molecule has 2 aromatic rings. The van der Waals surface area contributed by atoms with Crippen LogP contribution in [0, 0.1) is 5.41 Å². The van der Waals surface area contributed by atoms with Crippen molar-refractivity contribution >= 4 is 40.2 Å². The van der Waals surface area contributed by atoms with Gasteiger partial charge in [0, 0.05) is 26.2 Å². The molecule has 3 heterocycles. The number of benzene rings is 1. The van der Waals surface area contributed by atoms with Crippen molar-refractivity contribution in [3.8, 4) is 0 Å². The molecule has 2 aliphatic carbocycles. The molecule has 0 bridgehead atoms. The third-order valence-electron chi connectivity index (χ3n) is 8.90. The number of hydrogen-bond donors (Lipinski definition) is 3. The number of aliphatic hydroxyl groups excluding tert-OH is 1. The Hall–Kier alpha value is -2.69. The molecule has 4 aliphatic rings. The molecule has 1 aromatic heterocycles. The normalized spacial score (nSPS) is 24.1. The molecule has 2 saturated heterocycles. The monoisotopic (exact) mass is 539 g/mol. The summed E-state index contributed by atoms with van der Waals surface area (Å²) in [6.07, 6.45) is 7.85. The second kappa shape index (κ2) is 9.81. The minimum atomic E-state index is -2.15. The maximum absolute atomic E-state index is 13.6. The zero-order chi connectivity index (χ0) is 26.5. The second-order valence-electron chi connectivity index (χ2n) is 11.8. The molecule has 2 saturated carbocycles. The van der Waals surface area contributed by atoms with Crippen LogP contribution >= 0.6 is 0 Å². The Morgan fingerprint density at radius 3 is 2.50 bits per heavy atom. The molecule has 10 heteroatoms. The van der Waals surface area contributed by atoms with Gasteiger partial charge in [-0.25, -0.2) is 9.19 Å². The summed E-state index contributed by atoms with van der Waals surface area (Å²) >= 11 is -2.15. The van der Waals surface area contributed by atoms with E-state index in [2.05, 4.69) is 15.2 Å². The van der Waals surface area contributed by atoms with Crippen LogP contribution in [0.15, 0.2) is 36.4 Å². The molecule has 1 unspecified atom stereocenters. The quantitative estimate of drug-likeness (QED) is 0.453. The van der Waals surface area contributed by atoms with E-state index in [0.29, 0.717) is 29.0 Å². The highest BCUT2D eigenvalue weighted by atomic mass is 32.2. The molecule has 1 aromatic carbocycles. The zero-order valence-corrected chi connectivity index (χ0v) is 22.8. The number of β-amino-alcohol motifs (C(OH)–C–C–N with tert-alkyl or cyclic N) is 1. The van der Waals surface area contributed by atoms with Crippen LogP contribution in [0.3, 0.4) is 0 Å². The number of rotatable bonds is 7. The van der Waals surface area contributed by atoms with E-state index >= 15 is 0 Å². The van der Waals surface area contributed by atoms with E-state index in [1.807, 2.05) is 30.0 Å². The maximum Gasteiger partial charge on any atom is 0.262 e. The lowest BCUT2D eigenvalue weighted by Gasteiger charge is -2.36. The number of pyridine rings is 1. The van der Waals surface area contributed by atoms with Crippen LogP contribution in [0.1, 0.15) is 68.6 Å². The number of piperidine rings is 2. The van der Waals surface area contributed by atoms with Crippen molar-refractivity contribution < 1.29 is 18.7 Å². The largest absolute Gasteiger partial charge is 0.391 e. The summed E-state index contributed by atoms with van der Waals surface area (Å²) < 4.78 is 24.0. The van der Waals surface area contributed by atoms with Gasteiger partial charge in [-0.05, 0) is 94.0 Å². The third kappa shape index (κ3) is 5.13. The summed E-state index contributed by atoms with van der Waals surface area (Å²) in [6, 6.07) is 11.0. The maximum atomic E-state index is 13.6. The fourth-order valence-electron chi connectivity index (χ4n) is 5.99. The zero-order valence-electron chi connectivity index (χ0n) is 21.9. The van der Waals surface area contributed by atoms with Crippen molar-refractivity contribution in [2.24, 2.45) is 5.41 Å². The summed E-state index contributed by atoms with van der Waals surface area (Å²) in [4.78, 5) is 22.6. The SMILES string of the molecule is CC1(N(c2ccc(C(=O)Nc3cccc(N4CCC[C@@H](O)C4)n3)c(N3CCC4(CC3)CC4)c2)S(=O)O)CC1. The van der Waals surface area contributed by atoms with Gasteiger partial charge in [0.25, 0.3) is 17.2 Å². The molecule has 38 heavy (non-hydrogen) atoms. The van der Waals surface area contributed by atoms with Crippen molar-refractivity contribution in [1.82, 2.24) is 4.98 Å². The van der Waals surface area contributed by atoms with Crippen LogP contribution in [-0.2, 0) is 11.3 Å². The Balaban J connectivity index is 1.28. The molecular formula is C28H37N5O4S. The number of aliphatic hydroxyl groups is 1. The fraction of sp³-hybridized carbons (Fsp3) is 0.571. The first-order chi connectivity index (χ1) is 18.3. The van der Waals surface area contributed by atoms with E-state index in [1.165, 1.54) is 12.8 Å². The molecule has 0 radical (unpaired) electrons. The number of carbonyl (C=O) groups is 1. The van der Waals surface area contributed by atoms with Gasteiger partial charge in [-0.1, -0.05) is 6.07 Å². The molecular weight excluding hydrogens is 502 g/mol. The highest BCUT2D eigenvalue weighted by Gasteiger charge is 2.47. The summed E-state index contributed by atoms with van der Waals surface area (Å²) in [6.45, 7) is 5.10. The Labute approximate surface area is 226 Å². The van der Waals surface area contributed by atoms with Gasteiger partial charge in [0.05, 0.1) is 28.6 Å². The van der Waals surface area contributed by atoms with Gasteiger partial charge in [-0.2, -0.15) is 0 Å². The average Bonchev–Trinajstić information content (AvgIpc) is 3.83. The standard InChI is InChI=1S/C28H37N5O4S/c1-27(9-10-27)33(38(36)37)20-7-8-22(23(18-20)31-16-13-28(11-12-28)14-17-31)26(35)30-24-5-2-6-25(29-24)32-15-3-4-21(34)19-32/h2,5-8,18,21,34H,3-4,9-17,19H2,1H3,(H,36,37)(H,29,30,35)/t21-/m1/s1. The van der Waals surface area contributed by atoms with Gasteiger partial charge in [0.2, 0.25) is 0 Å². The number of aromatic nitrogens is 1. The second-order valence-corrected chi connectivity index (χ2v) is 12.6. The summed E-state index contributed by atoms with van der Waals surface area (Å²) in [5.41, 5.74) is 2.14. The number of carbonyl (C=O) groups excluding carboxylic acids is 1. The molecule has 9 nitrogen and oxygen atoms in total. The number of anilines is 4. The predicted octanol–water partition coefficient (Wildman–Crippen LogP) is 4.17. The first-order valence-electron chi connectivity index (χ1n) is 13.8. The topological polar surface area (TPSA) is 109 Å². The van der Waals surface area contributed by atoms with Crippen LogP contribution in [0.5, 0.6) is 0 Å². The van der Waals surface area contributed by atoms with E-state index in [1.54, 1.807) is 22.5 Å². The van der Waals surface area contributed by atoms with E-state index < -0.39 is 11.3 Å². The Morgan fingerprint density at radius 2 is 1.84 bits per heavy atom. The summed E-state index contributed by atoms with van der Waals surface area (Å²) in [5, 5.41) is 13.0. The Bertz CT molecular complexity index is 1240. The van der Waals surface area contributed by atoms with Crippen molar-refractivity contribution in [2.75, 3.05) is 45.6 Å². The summed E-state index contributed by atoms with van der Waals surface area (Å²) in [7, 11) is 0. The number of hydrogen-bond acceptors (Lipinski definition) is 6. The van der Waals surface area contributed by atoms with E-state index in [-0.39, 0.29) is 17.6 Å². The molecule has 3 N–H and O–H groups in total. The molecule has 2 atom stereocenters. The van der Waals surface area contributed by atoms with Gasteiger partial charge >= 0.3 is 0 Å². The smallest absolute Gasteiger partial charge is 0.262 e. The van der Waals surface area contributed by atoms with Crippen LogP contribution in [0.25, 0.3) is 0 Å². The van der Waals surface area contributed by atoms with Gasteiger partial charge in [-0.3, -0.25) is 13.7 Å². The van der Waals surface area contributed by atoms with Crippen molar-refractivity contribution in [3.05, 3.63) is 42.0 Å². The number of nitrogens with zero attached hydrogens (tertiary/aromatic N) is 4. The van der Waals surface area contributed by atoms with Gasteiger partial charge in [-0.15, -0.1) is 0 Å². The van der Waals surface area contributed by atoms with Gasteiger partial charge < -0.3 is 20.2 Å². The highest BCUT2D eigenvalue weighted by Crippen LogP contribution is 2.54. The van der Waals surface area contributed by atoms with Crippen LogP contribution in [0.2, 0.25) is 0 Å². The van der Waals surface area contributed by atoms with E-state index in [0.717, 1.165) is 69.7 Å². The van der Waals surface area contributed by atoms with Crippen LogP contribution < -0.4 is 19.4 Å². The summed E-state index contributed by atoms with van der Waals surface area (Å²) in [5.74, 6) is 0.944. The molecule has 2 aliphatic heterocycles. The first-order valence-corrected chi connectivity index (χ1v) is 14.8. The highest BCUT2D eigenvalue weighted by molar-refractivity contribution is 7.80. The Morgan fingerprint density at radius 1 is 1.08 bits per heavy atom. The van der Waals surface area contributed by atoms with Crippen molar-refractivity contribution in [3.63, 3.8) is 0 Å². The van der Waals surface area contributed by atoms with E-state index in [9.17, 15) is 18.7 Å². The Kier molecular flexibility index (Phi) is 6.60.